The number of halogens is 6. The van der Waals surface area contributed by atoms with Gasteiger partial charge in [0.25, 0.3) is 0 Å². The zero-order valence-corrected chi connectivity index (χ0v) is 27.0. The number of hydrogen-bond acceptors (Lipinski definition) is 9. The molecule has 2 atom stereocenters. The quantitative estimate of drug-likeness (QED) is 0.135. The van der Waals surface area contributed by atoms with Crippen molar-refractivity contribution in [3.63, 3.8) is 0 Å². The van der Waals surface area contributed by atoms with Crippen LogP contribution in [0.1, 0.15) is 52.3 Å². The molecule has 9 nitrogen and oxygen atoms in total. The molecule has 258 valence electrons. The maximum Gasteiger partial charge on any atom is 0.416 e. The third-order valence-electron chi connectivity index (χ3n) is 8.43. The Balaban J connectivity index is 1.39. The molecular weight excluding hydrogens is 678 g/mol. The van der Waals surface area contributed by atoms with Gasteiger partial charge in [0, 0.05) is 35.2 Å². The van der Waals surface area contributed by atoms with Crippen molar-refractivity contribution >= 4 is 29.2 Å². The number of pyridine rings is 1. The molecule has 2 aliphatic heterocycles. The van der Waals surface area contributed by atoms with Crippen molar-refractivity contribution in [1.82, 2.24) is 14.9 Å². The summed E-state index contributed by atoms with van der Waals surface area (Å²) in [6.07, 6.45) is -11.5. The number of carbonyl (C=O) groups is 2. The lowest BCUT2D eigenvalue weighted by molar-refractivity contribution is -0.143. The number of thiazole rings is 1. The number of cyclic esters (lactones) is 1. The summed E-state index contributed by atoms with van der Waals surface area (Å²) in [6, 6.07) is 9.10. The van der Waals surface area contributed by atoms with Gasteiger partial charge >= 0.3 is 24.4 Å². The van der Waals surface area contributed by atoms with Gasteiger partial charge in [-0.15, -0.1) is 11.3 Å². The standard InChI is InChI=1S/C33H28F6N4O5S/c1-17-28(19-11-20(32(34,35)36)14-21(12-19)33(37,38)39)48-31(45)43(17)15-24-22(6-8-27(40-24)42-9-4-10-42)23-13-18(5-7-26(23)46-2)29-41-25(16-49-29)30(44)47-3/h5-8,11-14,16-17,28H,4,9-10,15H2,1-3H3/t17-,28-/m0/s1. The van der Waals surface area contributed by atoms with Gasteiger partial charge in [-0.25, -0.2) is 19.6 Å². The molecule has 16 heteroatoms. The van der Waals surface area contributed by atoms with Crippen LogP contribution >= 0.6 is 11.3 Å². The van der Waals surface area contributed by atoms with E-state index in [9.17, 15) is 35.9 Å². The molecule has 0 radical (unpaired) electrons. The number of benzene rings is 2. The normalized spacial score (nSPS) is 17.9. The second-order valence-corrected chi connectivity index (χ2v) is 12.3. The van der Waals surface area contributed by atoms with Crippen molar-refractivity contribution in [2.45, 2.75) is 44.4 Å². The highest BCUT2D eigenvalue weighted by molar-refractivity contribution is 7.13. The molecule has 0 aliphatic carbocycles. The second-order valence-electron chi connectivity index (χ2n) is 11.5. The number of methoxy groups -OCH3 is 2. The Hall–Kier alpha value is -4.86. The summed E-state index contributed by atoms with van der Waals surface area (Å²) in [5.74, 6) is 0.494. The number of hydrogen-bond donors (Lipinski definition) is 0. The highest BCUT2D eigenvalue weighted by atomic mass is 32.1. The van der Waals surface area contributed by atoms with Gasteiger partial charge < -0.3 is 19.1 Å². The lowest BCUT2D eigenvalue weighted by Gasteiger charge is -2.33. The molecule has 4 aromatic rings. The van der Waals surface area contributed by atoms with Gasteiger partial charge in [0.1, 0.15) is 22.7 Å². The number of amides is 1. The summed E-state index contributed by atoms with van der Waals surface area (Å²) in [5.41, 5.74) is -1.15. The summed E-state index contributed by atoms with van der Waals surface area (Å²) in [7, 11) is 2.73. The molecule has 0 unspecified atom stereocenters. The number of anilines is 1. The molecule has 2 saturated heterocycles. The van der Waals surface area contributed by atoms with Crippen molar-refractivity contribution < 1.29 is 50.1 Å². The second kappa shape index (κ2) is 12.9. The van der Waals surface area contributed by atoms with Crippen LogP contribution in [-0.4, -0.2) is 60.3 Å². The Morgan fingerprint density at radius 2 is 1.65 bits per heavy atom. The molecule has 4 heterocycles. The number of rotatable bonds is 8. The van der Waals surface area contributed by atoms with E-state index >= 15 is 0 Å². The summed E-state index contributed by atoms with van der Waals surface area (Å²) in [5, 5.41) is 2.09. The molecule has 6 rings (SSSR count). The molecule has 49 heavy (non-hydrogen) atoms. The summed E-state index contributed by atoms with van der Waals surface area (Å²) >= 11 is 1.23. The molecule has 2 aliphatic rings. The van der Waals surface area contributed by atoms with Gasteiger partial charge in [-0.3, -0.25) is 4.90 Å². The minimum Gasteiger partial charge on any atom is -0.496 e. The SMILES string of the molecule is COC(=O)c1csc(-c2ccc(OC)c(-c3ccc(N4CCC4)nc3CN3C(=O)O[C@H](c4cc(C(F)(F)F)cc(C(F)(F)F)c4)[C@@H]3C)c2)n1. The fraction of sp³-hybridized carbons (Fsp3) is 0.333. The molecule has 1 amide bonds. The number of esters is 1. The van der Waals surface area contributed by atoms with Crippen molar-refractivity contribution in [3.8, 4) is 27.4 Å². The Labute approximate surface area is 280 Å². The average molecular weight is 707 g/mol. The minimum atomic E-state index is -5.06. The number of aromatic nitrogens is 2. The first kappa shape index (κ1) is 34.0. The predicted molar refractivity (Wildman–Crippen MR) is 166 cm³/mol. The number of carbonyl (C=O) groups excluding carboxylic acids is 2. The molecule has 2 fully saturated rings. The first-order valence-corrected chi connectivity index (χ1v) is 15.8. The van der Waals surface area contributed by atoms with Gasteiger partial charge in [0.15, 0.2) is 5.69 Å². The largest absolute Gasteiger partial charge is 0.496 e. The van der Waals surface area contributed by atoms with E-state index in [1.165, 1.54) is 37.4 Å². The van der Waals surface area contributed by atoms with Crippen molar-refractivity contribution in [3.05, 3.63) is 82.0 Å². The van der Waals surface area contributed by atoms with E-state index in [4.69, 9.17) is 19.2 Å². The van der Waals surface area contributed by atoms with E-state index < -0.39 is 53.3 Å². The molecule has 0 spiro atoms. The van der Waals surface area contributed by atoms with Crippen LogP contribution in [0.5, 0.6) is 5.75 Å². The van der Waals surface area contributed by atoms with Crippen LogP contribution in [0.25, 0.3) is 21.7 Å². The van der Waals surface area contributed by atoms with E-state index in [0.717, 1.165) is 19.5 Å². The van der Waals surface area contributed by atoms with Crippen LogP contribution < -0.4 is 9.64 Å². The lowest BCUT2D eigenvalue weighted by atomic mass is 9.97. The first-order valence-electron chi connectivity index (χ1n) is 14.9. The van der Waals surface area contributed by atoms with Gasteiger partial charge in [-0.1, -0.05) is 0 Å². The Morgan fingerprint density at radius 3 is 2.24 bits per heavy atom. The molecule has 0 N–H and O–H groups in total. The summed E-state index contributed by atoms with van der Waals surface area (Å²) in [6.45, 7) is 2.83. The van der Waals surface area contributed by atoms with Gasteiger partial charge in [-0.2, -0.15) is 26.3 Å². The van der Waals surface area contributed by atoms with Crippen LogP contribution in [0.3, 0.4) is 0 Å². The van der Waals surface area contributed by atoms with Gasteiger partial charge in [0.05, 0.1) is 43.6 Å². The molecule has 0 bridgehead atoms. The van der Waals surface area contributed by atoms with Gasteiger partial charge in [-0.05, 0) is 67.4 Å². The Bertz CT molecular complexity index is 1880. The fourth-order valence-corrected chi connectivity index (χ4v) is 6.48. The zero-order valence-electron chi connectivity index (χ0n) is 26.2. The molecule has 0 saturated carbocycles. The molecular formula is C33H28F6N4O5S. The number of alkyl halides is 6. The topological polar surface area (TPSA) is 94.1 Å². The van der Waals surface area contributed by atoms with Crippen molar-refractivity contribution in [1.29, 1.82) is 0 Å². The smallest absolute Gasteiger partial charge is 0.416 e. The van der Waals surface area contributed by atoms with E-state index in [0.29, 0.717) is 51.1 Å². The molecule has 2 aromatic heterocycles. The van der Waals surface area contributed by atoms with Crippen molar-refractivity contribution in [2.24, 2.45) is 0 Å². The van der Waals surface area contributed by atoms with Crippen LogP contribution in [0, 0.1) is 0 Å². The highest BCUT2D eigenvalue weighted by Crippen LogP contribution is 2.43. The van der Waals surface area contributed by atoms with Crippen LogP contribution in [0.4, 0.5) is 37.0 Å². The van der Waals surface area contributed by atoms with Crippen LogP contribution in [0.2, 0.25) is 0 Å². The van der Waals surface area contributed by atoms with Crippen LogP contribution in [0.15, 0.2) is 53.9 Å². The third kappa shape index (κ3) is 6.73. The first-order chi connectivity index (χ1) is 23.2. The fourth-order valence-electron chi connectivity index (χ4n) is 5.70. The maximum absolute atomic E-state index is 13.6. The lowest BCUT2D eigenvalue weighted by Crippen LogP contribution is -2.38. The molecule has 2 aromatic carbocycles. The number of nitrogens with zero attached hydrogens (tertiary/aromatic N) is 4. The third-order valence-corrected chi connectivity index (χ3v) is 9.32. The Kier molecular flexibility index (Phi) is 8.94. The van der Waals surface area contributed by atoms with Crippen LogP contribution in [-0.2, 0) is 28.4 Å². The van der Waals surface area contributed by atoms with Gasteiger partial charge in [0.2, 0.25) is 0 Å². The zero-order chi connectivity index (χ0) is 35.2. The maximum atomic E-state index is 13.6. The predicted octanol–water partition coefficient (Wildman–Crippen LogP) is 8.00. The minimum absolute atomic E-state index is 0.0314. The summed E-state index contributed by atoms with van der Waals surface area (Å²) < 4.78 is 97.6. The Morgan fingerprint density at radius 1 is 0.959 bits per heavy atom. The van der Waals surface area contributed by atoms with E-state index in [1.807, 2.05) is 17.0 Å². The van der Waals surface area contributed by atoms with E-state index in [1.54, 1.807) is 23.6 Å². The highest BCUT2D eigenvalue weighted by Gasteiger charge is 2.43. The van der Waals surface area contributed by atoms with Crippen molar-refractivity contribution in [2.75, 3.05) is 32.2 Å². The van der Waals surface area contributed by atoms with E-state index in [2.05, 4.69) is 4.98 Å². The number of ether oxygens (including phenoxy) is 3. The summed E-state index contributed by atoms with van der Waals surface area (Å²) in [4.78, 5) is 37.8. The average Bonchev–Trinajstić information content (AvgIpc) is 3.64. The monoisotopic (exact) mass is 706 g/mol. The van der Waals surface area contributed by atoms with E-state index in [-0.39, 0.29) is 18.3 Å².